The Hall–Kier alpha value is -1.51. The number of benzene rings is 1. The molecule has 2 bridgehead atoms. The predicted octanol–water partition coefficient (Wildman–Crippen LogP) is 4.01. The van der Waals surface area contributed by atoms with Crippen LogP contribution >= 0.6 is 0 Å². The van der Waals surface area contributed by atoms with Gasteiger partial charge in [-0.25, -0.2) is 4.79 Å². The number of nitrogens with one attached hydrogen (secondary N) is 1. The molecule has 108 valence electrons. The summed E-state index contributed by atoms with van der Waals surface area (Å²) >= 11 is 0. The molecule has 3 unspecified atom stereocenters. The highest BCUT2D eigenvalue weighted by atomic mass is 16.4. The molecule has 1 aromatic carbocycles. The van der Waals surface area contributed by atoms with Gasteiger partial charge in [-0.15, -0.1) is 0 Å². The smallest absolute Gasteiger partial charge is 0.335 e. The Kier molecular flexibility index (Phi) is 2.86. The Bertz CT molecular complexity index is 530. The lowest BCUT2D eigenvalue weighted by Gasteiger charge is -2.43. The van der Waals surface area contributed by atoms with Crippen LogP contribution in [-0.2, 0) is 0 Å². The van der Waals surface area contributed by atoms with Crippen molar-refractivity contribution in [2.24, 2.45) is 16.7 Å². The fraction of sp³-hybridized carbons (Fsp3) is 0.588. The lowest BCUT2D eigenvalue weighted by Crippen LogP contribution is -2.45. The SMILES string of the molecule is CC12CCC(C1)C(C)(C)C2Nc1ccc(C(=O)O)cc1. The average Bonchev–Trinajstić information content (AvgIpc) is 2.86. The molecule has 20 heavy (non-hydrogen) atoms. The van der Waals surface area contributed by atoms with Gasteiger partial charge in [-0.1, -0.05) is 20.8 Å². The third-order valence-corrected chi connectivity index (χ3v) is 5.71. The van der Waals surface area contributed by atoms with E-state index in [-0.39, 0.29) is 0 Å². The van der Waals surface area contributed by atoms with Crippen molar-refractivity contribution in [1.29, 1.82) is 0 Å². The summed E-state index contributed by atoms with van der Waals surface area (Å²) in [5.41, 5.74) is 2.05. The van der Waals surface area contributed by atoms with Crippen molar-refractivity contribution in [2.75, 3.05) is 5.32 Å². The summed E-state index contributed by atoms with van der Waals surface area (Å²) in [5.74, 6) is -0.0629. The molecule has 3 atom stereocenters. The van der Waals surface area contributed by atoms with Gasteiger partial charge in [-0.2, -0.15) is 0 Å². The fourth-order valence-electron chi connectivity index (χ4n) is 4.54. The van der Waals surface area contributed by atoms with Crippen molar-refractivity contribution >= 4 is 11.7 Å². The van der Waals surface area contributed by atoms with E-state index in [1.165, 1.54) is 19.3 Å². The first-order valence-electron chi connectivity index (χ1n) is 7.43. The maximum absolute atomic E-state index is 10.9. The minimum atomic E-state index is -0.872. The Morgan fingerprint density at radius 3 is 2.40 bits per heavy atom. The van der Waals surface area contributed by atoms with Gasteiger partial charge in [-0.3, -0.25) is 0 Å². The molecule has 0 spiro atoms. The number of carboxylic acids is 1. The monoisotopic (exact) mass is 273 g/mol. The Morgan fingerprint density at radius 1 is 1.25 bits per heavy atom. The van der Waals surface area contributed by atoms with E-state index in [9.17, 15) is 4.79 Å². The highest BCUT2D eigenvalue weighted by Crippen LogP contribution is 2.63. The molecule has 2 saturated carbocycles. The minimum Gasteiger partial charge on any atom is -0.478 e. The van der Waals surface area contributed by atoms with Gasteiger partial charge in [0.25, 0.3) is 0 Å². The van der Waals surface area contributed by atoms with Gasteiger partial charge in [0.05, 0.1) is 5.56 Å². The van der Waals surface area contributed by atoms with Gasteiger partial charge < -0.3 is 10.4 Å². The van der Waals surface area contributed by atoms with E-state index >= 15 is 0 Å². The van der Waals surface area contributed by atoms with Gasteiger partial charge in [0, 0.05) is 11.7 Å². The van der Waals surface area contributed by atoms with Crippen LogP contribution in [0.3, 0.4) is 0 Å². The van der Waals surface area contributed by atoms with Crippen molar-refractivity contribution in [2.45, 2.75) is 46.1 Å². The largest absolute Gasteiger partial charge is 0.478 e. The van der Waals surface area contributed by atoms with Crippen LogP contribution in [-0.4, -0.2) is 17.1 Å². The van der Waals surface area contributed by atoms with Crippen molar-refractivity contribution in [1.82, 2.24) is 0 Å². The second kappa shape index (κ2) is 4.24. The van der Waals surface area contributed by atoms with Crippen molar-refractivity contribution < 1.29 is 9.90 Å². The molecular formula is C17H23NO2. The van der Waals surface area contributed by atoms with Gasteiger partial charge in [0.15, 0.2) is 0 Å². The summed E-state index contributed by atoms with van der Waals surface area (Å²) in [6, 6.07) is 7.58. The van der Waals surface area contributed by atoms with E-state index in [0.717, 1.165) is 11.6 Å². The summed E-state index contributed by atoms with van der Waals surface area (Å²) in [7, 11) is 0. The van der Waals surface area contributed by atoms with E-state index in [0.29, 0.717) is 22.4 Å². The van der Waals surface area contributed by atoms with Crippen LogP contribution < -0.4 is 5.32 Å². The Labute approximate surface area is 120 Å². The van der Waals surface area contributed by atoms with Crippen LogP contribution in [0.25, 0.3) is 0 Å². The molecule has 1 aromatic rings. The van der Waals surface area contributed by atoms with E-state index in [1.54, 1.807) is 12.1 Å². The number of aromatic carboxylic acids is 1. The molecule has 3 nitrogen and oxygen atoms in total. The second-order valence-corrected chi connectivity index (χ2v) is 7.37. The molecular weight excluding hydrogens is 250 g/mol. The van der Waals surface area contributed by atoms with E-state index < -0.39 is 5.97 Å². The summed E-state index contributed by atoms with van der Waals surface area (Å²) < 4.78 is 0. The van der Waals surface area contributed by atoms with Gasteiger partial charge in [0.1, 0.15) is 0 Å². The average molecular weight is 273 g/mol. The van der Waals surface area contributed by atoms with Crippen LogP contribution in [0.2, 0.25) is 0 Å². The highest BCUT2D eigenvalue weighted by Gasteiger charge is 2.59. The molecule has 0 amide bonds. The van der Waals surface area contributed by atoms with Crippen LogP contribution in [0.5, 0.6) is 0 Å². The summed E-state index contributed by atoms with van der Waals surface area (Å²) in [6.45, 7) is 7.13. The Balaban J connectivity index is 1.82. The molecule has 2 aliphatic carbocycles. The summed E-state index contributed by atoms with van der Waals surface area (Å²) in [5, 5.41) is 12.6. The number of rotatable bonds is 3. The molecule has 0 aliphatic heterocycles. The molecule has 2 aliphatic rings. The zero-order valence-electron chi connectivity index (χ0n) is 12.4. The standard InChI is InChI=1S/C17H23NO2/c1-16(2)12-8-9-17(3,10-12)15(16)18-13-6-4-11(5-7-13)14(19)20/h4-7,12,15,18H,8-10H2,1-3H3,(H,19,20). The highest BCUT2D eigenvalue weighted by molar-refractivity contribution is 5.88. The van der Waals surface area contributed by atoms with Crippen LogP contribution in [0, 0.1) is 16.7 Å². The first kappa shape index (κ1) is 13.5. The first-order chi connectivity index (χ1) is 9.33. The lowest BCUT2D eigenvalue weighted by atomic mass is 9.68. The molecule has 3 rings (SSSR count). The fourth-order valence-corrected chi connectivity index (χ4v) is 4.54. The maximum atomic E-state index is 10.9. The molecule has 0 radical (unpaired) electrons. The molecule has 3 heteroatoms. The van der Waals surface area contributed by atoms with Crippen molar-refractivity contribution in [3.05, 3.63) is 29.8 Å². The van der Waals surface area contributed by atoms with Gasteiger partial charge in [0.2, 0.25) is 0 Å². The lowest BCUT2D eigenvalue weighted by molar-refractivity contribution is 0.0697. The van der Waals surface area contributed by atoms with E-state index in [4.69, 9.17) is 5.11 Å². The van der Waals surface area contributed by atoms with Crippen molar-refractivity contribution in [3.8, 4) is 0 Å². The number of carboxylic acid groups (broad SMARTS) is 1. The topological polar surface area (TPSA) is 49.3 Å². The summed E-state index contributed by atoms with van der Waals surface area (Å²) in [6.07, 6.45) is 3.95. The van der Waals surface area contributed by atoms with Crippen LogP contribution in [0.15, 0.2) is 24.3 Å². The molecule has 2 N–H and O–H groups in total. The Morgan fingerprint density at radius 2 is 1.90 bits per heavy atom. The van der Waals surface area contributed by atoms with Gasteiger partial charge >= 0.3 is 5.97 Å². The van der Waals surface area contributed by atoms with E-state index in [1.807, 2.05) is 12.1 Å². The van der Waals surface area contributed by atoms with Crippen LogP contribution in [0.1, 0.15) is 50.4 Å². The third kappa shape index (κ3) is 1.91. The maximum Gasteiger partial charge on any atom is 0.335 e. The number of carbonyl (C=O) groups is 1. The number of hydrogen-bond donors (Lipinski definition) is 2. The normalized spacial score (nSPS) is 34.1. The zero-order chi connectivity index (χ0) is 14.5. The number of anilines is 1. The van der Waals surface area contributed by atoms with Crippen molar-refractivity contribution in [3.63, 3.8) is 0 Å². The minimum absolute atomic E-state index is 0.304. The summed E-state index contributed by atoms with van der Waals surface area (Å²) in [4.78, 5) is 10.9. The van der Waals surface area contributed by atoms with E-state index in [2.05, 4.69) is 26.1 Å². The predicted molar refractivity (Wildman–Crippen MR) is 80.0 cm³/mol. The van der Waals surface area contributed by atoms with Crippen LogP contribution in [0.4, 0.5) is 5.69 Å². The molecule has 0 heterocycles. The first-order valence-corrected chi connectivity index (χ1v) is 7.43. The quantitative estimate of drug-likeness (QED) is 0.874. The molecule has 2 fully saturated rings. The number of hydrogen-bond acceptors (Lipinski definition) is 2. The number of fused-ring (bicyclic) bond motifs is 2. The second-order valence-electron chi connectivity index (χ2n) is 7.37. The third-order valence-electron chi connectivity index (χ3n) is 5.71. The zero-order valence-corrected chi connectivity index (χ0v) is 12.4. The van der Waals surface area contributed by atoms with Gasteiger partial charge in [-0.05, 0) is 60.3 Å². The molecule has 0 saturated heterocycles. The molecule has 0 aromatic heterocycles.